The van der Waals surface area contributed by atoms with Crippen molar-refractivity contribution in [3.63, 3.8) is 0 Å². The van der Waals surface area contributed by atoms with Crippen molar-refractivity contribution in [3.8, 4) is 0 Å². The fourth-order valence-corrected chi connectivity index (χ4v) is 7.06. The molecule has 1 amide bonds. The van der Waals surface area contributed by atoms with Crippen molar-refractivity contribution in [2.75, 3.05) is 21.1 Å². The van der Waals surface area contributed by atoms with Gasteiger partial charge < -0.3 is 21.5 Å². The number of aliphatic imine (C=N–C) groups is 1. The smallest absolute Gasteiger partial charge is 0.328 e. The van der Waals surface area contributed by atoms with Gasteiger partial charge in [-0.25, -0.2) is 18.2 Å². The largest absolute Gasteiger partial charge is 0.480 e. The zero-order chi connectivity index (χ0) is 31.0. The summed E-state index contributed by atoms with van der Waals surface area (Å²) in [6.45, 7) is 0. The van der Waals surface area contributed by atoms with Gasteiger partial charge in [0.05, 0.1) is 32.7 Å². The predicted octanol–water partition coefficient (Wildman–Crippen LogP) is 5.99. The molecule has 0 saturated heterocycles. The normalized spacial score (nSPS) is 15.0. The quantitative estimate of drug-likeness (QED) is 0.126. The summed E-state index contributed by atoms with van der Waals surface area (Å²) in [5, 5.41) is 15.8. The SMILES string of the molecule is NC(=N[C@@H](Cc1ccc(NC(=O)c2c(Cl)cccc2Cl)cc1)C(=O)O)Nc1ccccc1NS(=O)(=O)CC1CCCCC1. The first kappa shape index (κ1) is 32.1. The van der Waals surface area contributed by atoms with Crippen LogP contribution in [0.5, 0.6) is 0 Å². The molecule has 13 heteroatoms. The van der Waals surface area contributed by atoms with Crippen LogP contribution in [-0.4, -0.2) is 43.2 Å². The van der Waals surface area contributed by atoms with Gasteiger partial charge in [-0.3, -0.25) is 9.52 Å². The Morgan fingerprint density at radius 1 is 0.907 bits per heavy atom. The van der Waals surface area contributed by atoms with Crippen molar-refractivity contribution < 1.29 is 23.1 Å². The molecule has 1 fully saturated rings. The highest BCUT2D eigenvalue weighted by molar-refractivity contribution is 7.92. The second kappa shape index (κ2) is 14.6. The third-order valence-electron chi connectivity index (χ3n) is 7.05. The Bertz CT molecular complexity index is 1570. The lowest BCUT2D eigenvalue weighted by molar-refractivity contribution is -0.138. The number of carbonyl (C=O) groups excluding carboxylic acids is 1. The minimum atomic E-state index is -3.61. The number of aliphatic carboxylic acids is 1. The molecule has 228 valence electrons. The van der Waals surface area contributed by atoms with E-state index in [4.69, 9.17) is 28.9 Å². The highest BCUT2D eigenvalue weighted by atomic mass is 35.5. The first-order valence-electron chi connectivity index (χ1n) is 13.8. The Balaban J connectivity index is 1.40. The minimum Gasteiger partial charge on any atom is -0.480 e. The Hall–Kier alpha value is -3.80. The maximum Gasteiger partial charge on any atom is 0.328 e. The molecule has 0 bridgehead atoms. The Morgan fingerprint density at radius 3 is 2.16 bits per heavy atom. The molecule has 6 N–H and O–H groups in total. The van der Waals surface area contributed by atoms with Crippen LogP contribution in [0.4, 0.5) is 17.1 Å². The third kappa shape index (κ3) is 9.34. The number of nitrogens with two attached hydrogens (primary N) is 1. The van der Waals surface area contributed by atoms with E-state index >= 15 is 0 Å². The van der Waals surface area contributed by atoms with Gasteiger partial charge in [-0.2, -0.15) is 0 Å². The standard InChI is InChI=1S/C30H33Cl2N5O5S/c31-22-9-6-10-23(32)27(22)28(38)34-21-15-13-19(14-16-21)17-26(29(39)40)36-30(33)35-24-11-4-5-12-25(24)37-43(41,42)18-20-7-2-1-3-8-20/h4-6,9-16,20,26,37H,1-3,7-8,17-18H2,(H,34,38)(H,39,40)(H3,33,35,36)/t26-/m0/s1. The Morgan fingerprint density at radius 2 is 1.53 bits per heavy atom. The van der Waals surface area contributed by atoms with Crippen LogP contribution >= 0.6 is 23.2 Å². The zero-order valence-corrected chi connectivity index (χ0v) is 25.6. The average Bonchev–Trinajstić information content (AvgIpc) is 2.95. The van der Waals surface area contributed by atoms with E-state index in [-0.39, 0.29) is 39.7 Å². The maximum atomic E-state index is 12.8. The number of hydrogen-bond acceptors (Lipinski definition) is 5. The minimum absolute atomic E-state index is 0.0119. The highest BCUT2D eigenvalue weighted by Gasteiger charge is 2.23. The molecule has 0 radical (unpaired) electrons. The number of rotatable bonds is 11. The number of hydrogen-bond donors (Lipinski definition) is 5. The van der Waals surface area contributed by atoms with Crippen LogP contribution in [0, 0.1) is 5.92 Å². The lowest BCUT2D eigenvalue weighted by Crippen LogP contribution is -2.30. The summed E-state index contributed by atoms with van der Waals surface area (Å²) in [6, 6.07) is 16.7. The number of carbonyl (C=O) groups is 2. The predicted molar refractivity (Wildman–Crippen MR) is 172 cm³/mol. The number of carboxylic acids is 1. The molecule has 1 saturated carbocycles. The molecule has 1 atom stereocenters. The van der Waals surface area contributed by atoms with E-state index in [1.165, 1.54) is 0 Å². The molecule has 43 heavy (non-hydrogen) atoms. The number of amides is 1. The van der Waals surface area contributed by atoms with E-state index < -0.39 is 27.9 Å². The van der Waals surface area contributed by atoms with Crippen molar-refractivity contribution in [2.24, 2.45) is 16.6 Å². The van der Waals surface area contributed by atoms with Crippen LogP contribution in [-0.2, 0) is 21.2 Å². The van der Waals surface area contributed by atoms with Gasteiger partial charge in [-0.1, -0.05) is 72.8 Å². The number of para-hydroxylation sites is 2. The van der Waals surface area contributed by atoms with Crippen LogP contribution < -0.4 is 21.1 Å². The maximum absolute atomic E-state index is 12.8. The van der Waals surface area contributed by atoms with Gasteiger partial charge >= 0.3 is 5.97 Å². The molecule has 0 heterocycles. The van der Waals surface area contributed by atoms with E-state index in [1.807, 2.05) is 0 Å². The lowest BCUT2D eigenvalue weighted by atomic mass is 9.91. The summed E-state index contributed by atoms with van der Waals surface area (Å²) < 4.78 is 28.3. The molecule has 1 aliphatic carbocycles. The summed E-state index contributed by atoms with van der Waals surface area (Å²) in [6.07, 6.45) is 5.01. The second-order valence-corrected chi connectivity index (χ2v) is 13.0. The first-order valence-corrected chi connectivity index (χ1v) is 16.2. The van der Waals surface area contributed by atoms with Crippen LogP contribution in [0.2, 0.25) is 10.0 Å². The van der Waals surface area contributed by atoms with Gasteiger partial charge in [0.25, 0.3) is 5.91 Å². The molecule has 3 aromatic rings. The molecular weight excluding hydrogens is 613 g/mol. The van der Waals surface area contributed by atoms with Gasteiger partial charge in [-0.05, 0) is 60.7 Å². The topological polar surface area (TPSA) is 163 Å². The molecule has 0 aromatic heterocycles. The molecule has 0 unspecified atom stereocenters. The molecular formula is C30H33Cl2N5O5S. The van der Waals surface area contributed by atoms with Gasteiger partial charge in [0.2, 0.25) is 10.0 Å². The lowest BCUT2D eigenvalue weighted by Gasteiger charge is -2.22. The van der Waals surface area contributed by atoms with Gasteiger partial charge in [0.1, 0.15) is 0 Å². The molecule has 0 spiro atoms. The number of carboxylic acid groups (broad SMARTS) is 1. The molecule has 4 rings (SSSR count). The number of halogens is 2. The van der Waals surface area contributed by atoms with E-state index in [2.05, 4.69) is 20.3 Å². The van der Waals surface area contributed by atoms with E-state index in [9.17, 15) is 23.1 Å². The summed E-state index contributed by atoms with van der Waals surface area (Å²) in [7, 11) is -3.61. The molecule has 0 aliphatic heterocycles. The monoisotopic (exact) mass is 645 g/mol. The summed E-state index contributed by atoms with van der Waals surface area (Å²) in [5.74, 6) is -1.70. The fourth-order valence-electron chi connectivity index (χ4n) is 4.94. The number of guanidine groups is 1. The average molecular weight is 647 g/mol. The summed E-state index contributed by atoms with van der Waals surface area (Å²) in [5.41, 5.74) is 7.95. The van der Waals surface area contributed by atoms with E-state index in [1.54, 1.807) is 66.7 Å². The van der Waals surface area contributed by atoms with Crippen molar-refractivity contribution in [1.29, 1.82) is 0 Å². The van der Waals surface area contributed by atoms with Gasteiger partial charge in [-0.15, -0.1) is 0 Å². The van der Waals surface area contributed by atoms with Crippen LogP contribution in [0.15, 0.2) is 71.7 Å². The Labute approximate surface area is 260 Å². The van der Waals surface area contributed by atoms with E-state index in [0.717, 1.165) is 32.1 Å². The van der Waals surface area contributed by atoms with Gasteiger partial charge in [0, 0.05) is 12.1 Å². The summed E-state index contributed by atoms with van der Waals surface area (Å²) >= 11 is 12.2. The first-order chi connectivity index (χ1) is 20.5. The van der Waals surface area contributed by atoms with Crippen molar-refractivity contribution >= 4 is 68.1 Å². The third-order valence-corrected chi connectivity index (χ3v) is 9.12. The Kier molecular flexibility index (Phi) is 10.9. The number of nitrogens with zero attached hydrogens (tertiary/aromatic N) is 1. The fraction of sp³-hybridized carbons (Fsp3) is 0.300. The number of nitrogens with one attached hydrogen (secondary N) is 3. The summed E-state index contributed by atoms with van der Waals surface area (Å²) in [4.78, 5) is 28.8. The molecule has 10 nitrogen and oxygen atoms in total. The number of sulfonamides is 1. The molecule has 1 aliphatic rings. The van der Waals surface area contributed by atoms with Crippen LogP contribution in [0.1, 0.15) is 48.0 Å². The molecule has 3 aromatic carbocycles. The van der Waals surface area contributed by atoms with Crippen molar-refractivity contribution in [1.82, 2.24) is 0 Å². The van der Waals surface area contributed by atoms with Crippen molar-refractivity contribution in [2.45, 2.75) is 44.6 Å². The number of anilines is 3. The second-order valence-electron chi connectivity index (χ2n) is 10.4. The highest BCUT2D eigenvalue weighted by Crippen LogP contribution is 2.28. The van der Waals surface area contributed by atoms with Crippen LogP contribution in [0.3, 0.4) is 0 Å². The van der Waals surface area contributed by atoms with Gasteiger partial charge in [0.15, 0.2) is 12.0 Å². The zero-order valence-electron chi connectivity index (χ0n) is 23.2. The van der Waals surface area contributed by atoms with E-state index in [0.29, 0.717) is 22.6 Å². The number of benzene rings is 3. The van der Waals surface area contributed by atoms with Crippen LogP contribution in [0.25, 0.3) is 0 Å². The van der Waals surface area contributed by atoms with Crippen molar-refractivity contribution in [3.05, 3.63) is 87.9 Å².